The summed E-state index contributed by atoms with van der Waals surface area (Å²) < 4.78 is 0. The molecule has 1 N–H and O–H groups in total. The molecule has 2 fully saturated rings. The van der Waals surface area contributed by atoms with E-state index in [-0.39, 0.29) is 6.10 Å². The maximum absolute atomic E-state index is 11.1. The Morgan fingerprint density at radius 1 is 0.968 bits per heavy atom. The molecule has 0 bridgehead atoms. The average Bonchev–Trinajstić information content (AvgIpc) is 2.82. The minimum Gasteiger partial charge on any atom is -0.393 e. The van der Waals surface area contributed by atoms with Crippen molar-refractivity contribution in [2.75, 3.05) is 0 Å². The lowest BCUT2D eigenvalue weighted by Crippen LogP contribution is -2.34. The van der Waals surface area contributed by atoms with Crippen molar-refractivity contribution in [1.29, 1.82) is 5.26 Å². The molecule has 2 heteroatoms. The van der Waals surface area contributed by atoms with Crippen molar-refractivity contribution in [3.8, 4) is 6.07 Å². The summed E-state index contributed by atoms with van der Waals surface area (Å²) >= 11 is 0. The normalized spacial score (nSPS) is 28.0. The van der Waals surface area contributed by atoms with E-state index in [2.05, 4.69) is 37.3 Å². The SMILES string of the molecule is CCCc1ccc(C2CCC(C(O)C3CCC(CCC=CC=CC#N)CC3)CC2)cc1. The second kappa shape index (κ2) is 12.9. The fraction of sp³-hybridized carbons (Fsp3) is 0.621. The molecule has 1 aromatic rings. The van der Waals surface area contributed by atoms with Crippen LogP contribution in [0.4, 0.5) is 0 Å². The molecule has 1 atom stereocenters. The lowest BCUT2D eigenvalue weighted by molar-refractivity contribution is 0.00971. The third kappa shape index (κ3) is 7.36. The van der Waals surface area contributed by atoms with Crippen LogP contribution >= 0.6 is 0 Å². The van der Waals surface area contributed by atoms with Gasteiger partial charge in [-0.2, -0.15) is 5.26 Å². The fourth-order valence-electron chi connectivity index (χ4n) is 5.85. The molecule has 0 saturated heterocycles. The van der Waals surface area contributed by atoms with Gasteiger partial charge in [0.2, 0.25) is 0 Å². The van der Waals surface area contributed by atoms with Crippen LogP contribution in [0.2, 0.25) is 0 Å². The Morgan fingerprint density at radius 2 is 1.61 bits per heavy atom. The van der Waals surface area contributed by atoms with Crippen molar-refractivity contribution in [3.63, 3.8) is 0 Å². The number of aliphatic hydroxyl groups excluding tert-OH is 1. The van der Waals surface area contributed by atoms with Gasteiger partial charge in [0.25, 0.3) is 0 Å². The Balaban J connectivity index is 1.37. The number of hydrogen-bond donors (Lipinski definition) is 1. The summed E-state index contributed by atoms with van der Waals surface area (Å²) in [5.41, 5.74) is 2.96. The highest BCUT2D eigenvalue weighted by molar-refractivity contribution is 5.26. The zero-order valence-electron chi connectivity index (χ0n) is 19.4. The van der Waals surface area contributed by atoms with E-state index in [0.29, 0.717) is 17.8 Å². The second-order valence-electron chi connectivity index (χ2n) is 9.87. The number of hydrogen-bond acceptors (Lipinski definition) is 2. The van der Waals surface area contributed by atoms with Gasteiger partial charge in [-0.05, 0) is 92.6 Å². The minimum atomic E-state index is -0.0927. The van der Waals surface area contributed by atoms with Crippen LogP contribution in [0.1, 0.15) is 94.6 Å². The van der Waals surface area contributed by atoms with Gasteiger partial charge in [-0.15, -0.1) is 0 Å². The highest BCUT2D eigenvalue weighted by atomic mass is 16.3. The van der Waals surface area contributed by atoms with Gasteiger partial charge < -0.3 is 5.11 Å². The topological polar surface area (TPSA) is 44.0 Å². The van der Waals surface area contributed by atoms with Gasteiger partial charge in [-0.1, -0.05) is 68.7 Å². The monoisotopic (exact) mass is 419 g/mol. The third-order valence-corrected chi connectivity index (χ3v) is 7.78. The summed E-state index contributed by atoms with van der Waals surface area (Å²) in [7, 11) is 0. The van der Waals surface area contributed by atoms with Crippen molar-refractivity contribution in [2.45, 2.75) is 96.0 Å². The Kier molecular flexibility index (Phi) is 9.88. The van der Waals surface area contributed by atoms with Crippen molar-refractivity contribution in [2.24, 2.45) is 17.8 Å². The van der Waals surface area contributed by atoms with Crippen LogP contribution in [0.25, 0.3) is 0 Å². The summed E-state index contributed by atoms with van der Waals surface area (Å²) in [5.74, 6) is 2.51. The standard InChI is InChI=1S/C29H41NO/c1-2-8-23-10-14-25(15-11-23)26-18-20-28(21-19-26)29(31)27-16-12-24(13-17-27)9-6-4-3-5-7-22-30/h3-5,7,10-11,14-15,24,26-29,31H,2,6,8-9,12-13,16-21H2,1H3. The van der Waals surface area contributed by atoms with Crippen molar-refractivity contribution >= 4 is 0 Å². The Hall–Kier alpha value is -1.85. The average molecular weight is 420 g/mol. The Morgan fingerprint density at radius 3 is 2.23 bits per heavy atom. The number of aliphatic hydroxyl groups is 1. The number of allylic oxidation sites excluding steroid dienone is 4. The molecule has 0 aliphatic heterocycles. The van der Waals surface area contributed by atoms with Crippen LogP contribution in [0.3, 0.4) is 0 Å². The van der Waals surface area contributed by atoms with Crippen LogP contribution in [-0.4, -0.2) is 11.2 Å². The van der Waals surface area contributed by atoms with Crippen LogP contribution in [-0.2, 0) is 6.42 Å². The van der Waals surface area contributed by atoms with Crippen LogP contribution in [0.5, 0.6) is 0 Å². The molecule has 168 valence electrons. The number of benzene rings is 1. The summed E-state index contributed by atoms with van der Waals surface area (Å²) in [4.78, 5) is 0. The quantitative estimate of drug-likeness (QED) is 0.333. The van der Waals surface area contributed by atoms with Crippen LogP contribution in [0, 0.1) is 29.1 Å². The molecular weight excluding hydrogens is 378 g/mol. The predicted octanol–water partition coefficient (Wildman–Crippen LogP) is 7.50. The number of rotatable bonds is 9. The molecule has 0 spiro atoms. The minimum absolute atomic E-state index is 0.0927. The van der Waals surface area contributed by atoms with Crippen molar-refractivity contribution < 1.29 is 5.11 Å². The molecule has 2 aliphatic rings. The molecule has 2 saturated carbocycles. The first-order chi connectivity index (χ1) is 15.2. The molecule has 0 aromatic heterocycles. The lowest BCUT2D eigenvalue weighted by atomic mass is 9.70. The number of aryl methyl sites for hydroxylation is 1. The van der Waals surface area contributed by atoms with Gasteiger partial charge in [0, 0.05) is 6.08 Å². The smallest absolute Gasteiger partial charge is 0.0912 e. The first-order valence-electron chi connectivity index (χ1n) is 12.7. The van der Waals surface area contributed by atoms with Gasteiger partial charge in [0.05, 0.1) is 12.2 Å². The number of nitrogens with zero attached hydrogens (tertiary/aromatic N) is 1. The predicted molar refractivity (Wildman–Crippen MR) is 130 cm³/mol. The van der Waals surface area contributed by atoms with E-state index in [4.69, 9.17) is 5.26 Å². The zero-order chi connectivity index (χ0) is 21.9. The van der Waals surface area contributed by atoms with E-state index in [1.54, 1.807) is 0 Å². The highest BCUT2D eigenvalue weighted by Gasteiger charge is 2.33. The summed E-state index contributed by atoms with van der Waals surface area (Å²) in [6.07, 6.45) is 21.9. The highest BCUT2D eigenvalue weighted by Crippen LogP contribution is 2.42. The molecule has 0 radical (unpaired) electrons. The summed E-state index contributed by atoms with van der Waals surface area (Å²) in [5, 5.41) is 19.6. The number of nitriles is 1. The molecular formula is C29H41NO. The van der Waals surface area contributed by atoms with Crippen molar-refractivity contribution in [3.05, 3.63) is 59.7 Å². The van der Waals surface area contributed by atoms with Gasteiger partial charge in [-0.3, -0.25) is 0 Å². The summed E-state index contributed by atoms with van der Waals surface area (Å²) in [6.45, 7) is 2.24. The first-order valence-corrected chi connectivity index (χ1v) is 12.7. The van der Waals surface area contributed by atoms with Crippen LogP contribution < -0.4 is 0 Å². The third-order valence-electron chi connectivity index (χ3n) is 7.78. The molecule has 31 heavy (non-hydrogen) atoms. The molecule has 0 heterocycles. The molecule has 2 nitrogen and oxygen atoms in total. The molecule has 0 amide bonds. The lowest BCUT2D eigenvalue weighted by Gasteiger charge is -2.38. The van der Waals surface area contributed by atoms with E-state index in [9.17, 15) is 5.11 Å². The van der Waals surface area contributed by atoms with E-state index < -0.39 is 0 Å². The zero-order valence-corrected chi connectivity index (χ0v) is 19.4. The van der Waals surface area contributed by atoms with Crippen LogP contribution in [0.15, 0.2) is 48.6 Å². The van der Waals surface area contributed by atoms with Gasteiger partial charge in [-0.25, -0.2) is 0 Å². The van der Waals surface area contributed by atoms with Gasteiger partial charge in [0.1, 0.15) is 0 Å². The van der Waals surface area contributed by atoms with E-state index in [1.165, 1.54) is 87.8 Å². The van der Waals surface area contributed by atoms with Crippen molar-refractivity contribution in [1.82, 2.24) is 0 Å². The van der Waals surface area contributed by atoms with E-state index >= 15 is 0 Å². The van der Waals surface area contributed by atoms with E-state index in [0.717, 1.165) is 12.3 Å². The molecule has 3 rings (SSSR count). The Labute approximate surface area is 190 Å². The van der Waals surface area contributed by atoms with Gasteiger partial charge >= 0.3 is 0 Å². The molecule has 1 unspecified atom stereocenters. The second-order valence-corrected chi connectivity index (χ2v) is 9.87. The Bertz CT molecular complexity index is 725. The fourth-order valence-corrected chi connectivity index (χ4v) is 5.85. The molecule has 2 aliphatic carbocycles. The maximum Gasteiger partial charge on any atom is 0.0912 e. The van der Waals surface area contributed by atoms with E-state index in [1.807, 2.05) is 18.2 Å². The van der Waals surface area contributed by atoms with Gasteiger partial charge in [0.15, 0.2) is 0 Å². The molecule has 1 aromatic carbocycles. The first kappa shape index (κ1) is 23.8. The maximum atomic E-state index is 11.1. The largest absolute Gasteiger partial charge is 0.393 e. The summed E-state index contributed by atoms with van der Waals surface area (Å²) in [6, 6.07) is 11.3.